The third-order valence-electron chi connectivity index (χ3n) is 2.39. The van der Waals surface area contributed by atoms with Crippen molar-refractivity contribution in [1.82, 2.24) is 9.97 Å². The van der Waals surface area contributed by atoms with Crippen molar-refractivity contribution < 1.29 is 28.2 Å². The van der Waals surface area contributed by atoms with Gasteiger partial charge in [0.2, 0.25) is 0 Å². The molecule has 0 aromatic carbocycles. The monoisotopic (exact) mass is 293 g/mol. The molecule has 0 bridgehead atoms. The van der Waals surface area contributed by atoms with Crippen LogP contribution in [0.4, 0.5) is 18.9 Å². The maximum atomic E-state index is 12.1. The van der Waals surface area contributed by atoms with Crippen LogP contribution in [0.15, 0.2) is 6.20 Å². The number of carboxylic acid groups (broad SMARTS) is 1. The predicted octanol–water partition coefficient (Wildman–Crippen LogP) is 1.63. The molecular formula is C11H14F3N3O3. The molecular weight excluding hydrogens is 279 g/mol. The summed E-state index contributed by atoms with van der Waals surface area (Å²) in [5, 5.41) is 20.0. The minimum absolute atomic E-state index is 0.122. The Morgan fingerprint density at radius 1 is 1.45 bits per heavy atom. The van der Waals surface area contributed by atoms with E-state index in [0.29, 0.717) is 0 Å². The molecule has 6 nitrogen and oxygen atoms in total. The second-order valence-corrected chi connectivity index (χ2v) is 4.39. The van der Waals surface area contributed by atoms with E-state index in [1.165, 1.54) is 0 Å². The molecule has 0 spiro atoms. The molecule has 1 aromatic heterocycles. The number of aromatic nitrogens is 2. The van der Waals surface area contributed by atoms with Crippen molar-refractivity contribution in [3.63, 3.8) is 0 Å². The largest absolute Gasteiger partial charge is 0.476 e. The van der Waals surface area contributed by atoms with Crippen LogP contribution in [-0.2, 0) is 0 Å². The Bertz CT molecular complexity index is 492. The minimum atomic E-state index is -4.78. The zero-order valence-corrected chi connectivity index (χ0v) is 10.8. The third-order valence-corrected chi connectivity index (χ3v) is 2.39. The fourth-order valence-corrected chi connectivity index (χ4v) is 1.29. The van der Waals surface area contributed by atoms with E-state index in [4.69, 9.17) is 10.2 Å². The van der Waals surface area contributed by atoms with Gasteiger partial charge >= 0.3 is 12.1 Å². The first-order valence-electron chi connectivity index (χ1n) is 5.71. The molecule has 0 amide bonds. The normalized spacial score (nSPS) is 13.3. The first-order valence-corrected chi connectivity index (χ1v) is 5.71. The van der Waals surface area contributed by atoms with Gasteiger partial charge in [0.15, 0.2) is 11.8 Å². The van der Waals surface area contributed by atoms with Gasteiger partial charge in [0.1, 0.15) is 5.82 Å². The smallest absolute Gasteiger partial charge is 0.416 e. The van der Waals surface area contributed by atoms with Crippen LogP contribution in [0.5, 0.6) is 0 Å². The Balaban J connectivity index is 2.93. The second kappa shape index (κ2) is 6.04. The fraction of sp³-hybridized carbons (Fsp3) is 0.545. The first kappa shape index (κ1) is 16.2. The lowest BCUT2D eigenvalue weighted by Crippen LogP contribution is -2.35. The summed E-state index contributed by atoms with van der Waals surface area (Å²) in [5.41, 5.74) is -0.608. The fourth-order valence-electron chi connectivity index (χ4n) is 1.29. The molecule has 3 N–H and O–H groups in total. The molecule has 1 aromatic rings. The summed E-state index contributed by atoms with van der Waals surface area (Å²) in [7, 11) is 0. The van der Waals surface area contributed by atoms with Crippen LogP contribution in [-0.4, -0.2) is 45.0 Å². The van der Waals surface area contributed by atoms with Crippen molar-refractivity contribution in [2.24, 2.45) is 0 Å². The summed E-state index contributed by atoms with van der Waals surface area (Å²) in [6, 6.07) is 0. The van der Waals surface area contributed by atoms with Gasteiger partial charge in [-0.2, -0.15) is 13.2 Å². The van der Waals surface area contributed by atoms with Crippen molar-refractivity contribution in [3.05, 3.63) is 17.7 Å². The molecule has 20 heavy (non-hydrogen) atoms. The summed E-state index contributed by atoms with van der Waals surface area (Å²) < 4.78 is 36.4. The number of hydrogen-bond donors (Lipinski definition) is 3. The number of nitrogens with one attached hydrogen (secondary N) is 1. The third kappa shape index (κ3) is 4.05. The van der Waals surface area contributed by atoms with Crippen LogP contribution in [0.2, 0.25) is 0 Å². The number of alkyl halides is 3. The van der Waals surface area contributed by atoms with E-state index < -0.39 is 30.5 Å². The molecule has 112 valence electrons. The van der Waals surface area contributed by atoms with Gasteiger partial charge in [-0.05, 0) is 0 Å². The maximum Gasteiger partial charge on any atom is 0.416 e. The topological polar surface area (TPSA) is 95.3 Å². The Morgan fingerprint density at radius 3 is 2.50 bits per heavy atom. The van der Waals surface area contributed by atoms with Gasteiger partial charge in [0.25, 0.3) is 0 Å². The quantitative estimate of drug-likeness (QED) is 0.763. The van der Waals surface area contributed by atoms with Crippen LogP contribution < -0.4 is 5.32 Å². The van der Waals surface area contributed by atoms with Crippen molar-refractivity contribution >= 4 is 11.7 Å². The van der Waals surface area contributed by atoms with Gasteiger partial charge in [0, 0.05) is 12.5 Å². The highest BCUT2D eigenvalue weighted by Crippen LogP contribution is 2.21. The number of carboxylic acids is 1. The highest BCUT2D eigenvalue weighted by molar-refractivity contribution is 5.91. The van der Waals surface area contributed by atoms with Crippen molar-refractivity contribution in [1.29, 1.82) is 0 Å². The van der Waals surface area contributed by atoms with E-state index in [2.05, 4.69) is 15.3 Å². The molecule has 0 saturated carbocycles. The summed E-state index contributed by atoms with van der Waals surface area (Å²) in [6.07, 6.45) is -6.29. The molecule has 1 unspecified atom stereocenters. The highest BCUT2D eigenvalue weighted by atomic mass is 19.4. The van der Waals surface area contributed by atoms with E-state index >= 15 is 0 Å². The van der Waals surface area contributed by atoms with E-state index in [9.17, 15) is 18.0 Å². The average molecular weight is 293 g/mol. The van der Waals surface area contributed by atoms with Gasteiger partial charge in [-0.3, -0.25) is 0 Å². The molecule has 0 aliphatic carbocycles. The molecule has 0 aliphatic heterocycles. The zero-order valence-electron chi connectivity index (χ0n) is 10.8. The van der Waals surface area contributed by atoms with E-state index in [1.54, 1.807) is 13.8 Å². The van der Waals surface area contributed by atoms with Gasteiger partial charge < -0.3 is 15.5 Å². The number of halogens is 3. The Kier molecular flexibility index (Phi) is 4.88. The number of aliphatic hydroxyl groups excluding tert-OH is 1. The van der Waals surface area contributed by atoms with Crippen LogP contribution >= 0.6 is 0 Å². The molecule has 0 aliphatic rings. The standard InChI is InChI=1S/C11H14F3N3O3/c1-5(2)9-16-3-6(8(17-9)10(19)20)15-4-7(18)11(12,13)14/h3,5,7,15,18H,4H2,1-2H3,(H,19,20). The Hall–Kier alpha value is -1.90. The van der Waals surface area contributed by atoms with Crippen molar-refractivity contribution in [2.75, 3.05) is 11.9 Å². The second-order valence-electron chi connectivity index (χ2n) is 4.39. The molecule has 1 rings (SSSR count). The van der Waals surface area contributed by atoms with Crippen molar-refractivity contribution in [2.45, 2.75) is 32.0 Å². The zero-order chi connectivity index (χ0) is 15.5. The van der Waals surface area contributed by atoms with Gasteiger partial charge in [-0.25, -0.2) is 14.8 Å². The Labute approximate surface area is 112 Å². The van der Waals surface area contributed by atoms with Crippen LogP contribution in [0.1, 0.15) is 36.1 Å². The van der Waals surface area contributed by atoms with Crippen LogP contribution in [0.3, 0.4) is 0 Å². The predicted molar refractivity (Wildman–Crippen MR) is 63.6 cm³/mol. The number of nitrogens with zero attached hydrogens (tertiary/aromatic N) is 2. The summed E-state index contributed by atoms with van der Waals surface area (Å²) in [5.74, 6) is -1.24. The summed E-state index contributed by atoms with van der Waals surface area (Å²) in [6.45, 7) is 2.62. The van der Waals surface area contributed by atoms with Gasteiger partial charge in [-0.15, -0.1) is 0 Å². The Morgan fingerprint density at radius 2 is 2.05 bits per heavy atom. The summed E-state index contributed by atoms with van der Waals surface area (Å²) >= 11 is 0. The van der Waals surface area contributed by atoms with E-state index in [0.717, 1.165) is 6.20 Å². The van der Waals surface area contributed by atoms with Crippen LogP contribution in [0.25, 0.3) is 0 Å². The molecule has 1 atom stereocenters. The van der Waals surface area contributed by atoms with E-state index in [1.807, 2.05) is 0 Å². The minimum Gasteiger partial charge on any atom is -0.476 e. The maximum absolute atomic E-state index is 12.1. The molecule has 0 saturated heterocycles. The summed E-state index contributed by atoms with van der Waals surface area (Å²) in [4.78, 5) is 18.7. The molecule has 0 radical (unpaired) electrons. The lowest BCUT2D eigenvalue weighted by Gasteiger charge is -2.16. The lowest BCUT2D eigenvalue weighted by atomic mass is 10.2. The number of aliphatic hydroxyl groups is 1. The van der Waals surface area contributed by atoms with Crippen LogP contribution in [0, 0.1) is 0 Å². The average Bonchev–Trinajstić information content (AvgIpc) is 2.34. The molecule has 9 heteroatoms. The van der Waals surface area contributed by atoms with E-state index in [-0.39, 0.29) is 17.4 Å². The number of aromatic carboxylic acids is 1. The first-order chi connectivity index (χ1) is 9.12. The number of hydrogen-bond acceptors (Lipinski definition) is 5. The number of anilines is 1. The highest BCUT2D eigenvalue weighted by Gasteiger charge is 2.38. The number of carbonyl (C=O) groups is 1. The van der Waals surface area contributed by atoms with Gasteiger partial charge in [-0.1, -0.05) is 13.8 Å². The molecule has 0 fully saturated rings. The lowest BCUT2D eigenvalue weighted by molar-refractivity contribution is -0.198. The number of rotatable bonds is 5. The SMILES string of the molecule is CC(C)c1ncc(NCC(O)C(F)(F)F)c(C(=O)O)n1. The molecule has 1 heterocycles. The van der Waals surface area contributed by atoms with Crippen molar-refractivity contribution in [3.8, 4) is 0 Å². The van der Waals surface area contributed by atoms with Gasteiger partial charge in [0.05, 0.1) is 11.9 Å².